The first-order valence-electron chi connectivity index (χ1n) is 4.74. The van der Waals surface area contributed by atoms with Gasteiger partial charge in [-0.1, -0.05) is 0 Å². The third-order valence-corrected chi connectivity index (χ3v) is 2.78. The van der Waals surface area contributed by atoms with Gasteiger partial charge in [0.1, 0.15) is 11.6 Å². The van der Waals surface area contributed by atoms with Gasteiger partial charge in [0.05, 0.1) is 7.11 Å². The second kappa shape index (κ2) is 4.85. The molecule has 0 aliphatic carbocycles. The molecule has 0 aliphatic heterocycles. The molecule has 16 heavy (non-hydrogen) atoms. The number of ether oxygens (including phenoxy) is 2. The van der Waals surface area contributed by atoms with Crippen LogP contribution >= 0.6 is 11.3 Å². The highest BCUT2D eigenvalue weighted by Crippen LogP contribution is 2.29. The van der Waals surface area contributed by atoms with Gasteiger partial charge in [0.15, 0.2) is 11.5 Å². The molecule has 2 aromatic rings. The van der Waals surface area contributed by atoms with Gasteiger partial charge in [-0.25, -0.2) is 4.98 Å². The van der Waals surface area contributed by atoms with Gasteiger partial charge in [0.25, 0.3) is 0 Å². The van der Waals surface area contributed by atoms with Crippen molar-refractivity contribution >= 4 is 17.0 Å². The van der Waals surface area contributed by atoms with E-state index in [4.69, 9.17) is 15.2 Å². The first-order valence-corrected chi connectivity index (χ1v) is 5.62. The van der Waals surface area contributed by atoms with Gasteiger partial charge < -0.3 is 15.2 Å². The van der Waals surface area contributed by atoms with Crippen LogP contribution in [0.5, 0.6) is 11.5 Å². The Morgan fingerprint density at radius 1 is 1.38 bits per heavy atom. The van der Waals surface area contributed by atoms with Gasteiger partial charge in [0.2, 0.25) is 0 Å². The minimum Gasteiger partial charge on any atom is -0.493 e. The summed E-state index contributed by atoms with van der Waals surface area (Å²) in [6.07, 6.45) is 1.75. The molecule has 0 saturated carbocycles. The summed E-state index contributed by atoms with van der Waals surface area (Å²) in [5, 5.41) is 2.85. The summed E-state index contributed by atoms with van der Waals surface area (Å²) in [5.74, 6) is 1.31. The van der Waals surface area contributed by atoms with Crippen molar-refractivity contribution < 1.29 is 9.47 Å². The molecule has 0 aliphatic rings. The molecule has 0 amide bonds. The number of hydrogen-bond acceptors (Lipinski definition) is 5. The summed E-state index contributed by atoms with van der Waals surface area (Å²) >= 11 is 1.56. The van der Waals surface area contributed by atoms with Crippen molar-refractivity contribution in [3.05, 3.63) is 34.8 Å². The second-order valence-corrected chi connectivity index (χ2v) is 4.10. The molecule has 84 valence electrons. The van der Waals surface area contributed by atoms with Crippen LogP contribution in [0, 0.1) is 0 Å². The van der Waals surface area contributed by atoms with E-state index in [1.807, 2.05) is 5.38 Å². The molecule has 0 atom stereocenters. The van der Waals surface area contributed by atoms with Gasteiger partial charge in [-0.3, -0.25) is 0 Å². The molecule has 4 nitrogen and oxygen atoms in total. The van der Waals surface area contributed by atoms with Gasteiger partial charge in [-0.2, -0.15) is 0 Å². The Balaban J connectivity index is 2.09. The average molecular weight is 236 g/mol. The zero-order valence-corrected chi connectivity index (χ0v) is 9.66. The predicted molar refractivity (Wildman–Crippen MR) is 63.9 cm³/mol. The monoisotopic (exact) mass is 236 g/mol. The lowest BCUT2D eigenvalue weighted by Gasteiger charge is -2.09. The molecule has 0 radical (unpaired) electrons. The fourth-order valence-corrected chi connectivity index (χ4v) is 1.79. The van der Waals surface area contributed by atoms with Crippen LogP contribution < -0.4 is 15.2 Å². The highest BCUT2D eigenvalue weighted by molar-refractivity contribution is 7.09. The first kappa shape index (κ1) is 10.8. The van der Waals surface area contributed by atoms with Crippen molar-refractivity contribution in [1.82, 2.24) is 4.98 Å². The van der Waals surface area contributed by atoms with E-state index in [2.05, 4.69) is 4.98 Å². The fraction of sp³-hybridized carbons (Fsp3) is 0.182. The molecule has 2 rings (SSSR count). The molecule has 5 heteroatoms. The number of anilines is 1. The molecule has 0 saturated heterocycles. The van der Waals surface area contributed by atoms with Crippen molar-refractivity contribution in [3.63, 3.8) is 0 Å². The van der Waals surface area contributed by atoms with Crippen LogP contribution in [0.3, 0.4) is 0 Å². The minimum atomic E-state index is 0.442. The number of aromatic nitrogens is 1. The number of methoxy groups -OCH3 is 1. The standard InChI is InChI=1S/C11H12N2O2S/c1-14-10-6-8(12)2-3-9(10)15-7-11-13-4-5-16-11/h2-6H,7,12H2,1H3. The maximum Gasteiger partial charge on any atom is 0.162 e. The van der Waals surface area contributed by atoms with Crippen LogP contribution in [-0.4, -0.2) is 12.1 Å². The topological polar surface area (TPSA) is 57.4 Å². The van der Waals surface area contributed by atoms with E-state index in [-0.39, 0.29) is 0 Å². The molecule has 1 aromatic carbocycles. The molecule has 1 aromatic heterocycles. The van der Waals surface area contributed by atoms with Crippen molar-refractivity contribution in [3.8, 4) is 11.5 Å². The predicted octanol–water partition coefficient (Wildman–Crippen LogP) is 2.31. The average Bonchev–Trinajstić information content (AvgIpc) is 2.80. The van der Waals surface area contributed by atoms with Gasteiger partial charge in [-0.15, -0.1) is 11.3 Å². The van der Waals surface area contributed by atoms with E-state index in [1.165, 1.54) is 0 Å². The molecule has 2 N–H and O–H groups in total. The summed E-state index contributed by atoms with van der Waals surface area (Å²) in [7, 11) is 1.59. The van der Waals surface area contributed by atoms with Gasteiger partial charge >= 0.3 is 0 Å². The van der Waals surface area contributed by atoms with Crippen LogP contribution in [0.15, 0.2) is 29.8 Å². The van der Waals surface area contributed by atoms with Gasteiger partial charge in [-0.05, 0) is 12.1 Å². The van der Waals surface area contributed by atoms with Crippen molar-refractivity contribution in [2.24, 2.45) is 0 Å². The highest BCUT2D eigenvalue weighted by Gasteiger charge is 2.05. The Morgan fingerprint density at radius 3 is 2.94 bits per heavy atom. The van der Waals surface area contributed by atoms with Crippen molar-refractivity contribution in [2.75, 3.05) is 12.8 Å². The number of hydrogen-bond donors (Lipinski definition) is 1. The Hall–Kier alpha value is -1.75. The highest BCUT2D eigenvalue weighted by atomic mass is 32.1. The second-order valence-electron chi connectivity index (χ2n) is 3.12. The number of thiazole rings is 1. The lowest BCUT2D eigenvalue weighted by Crippen LogP contribution is -1.98. The zero-order valence-electron chi connectivity index (χ0n) is 8.84. The molecule has 0 fully saturated rings. The Labute approximate surface area is 97.6 Å². The first-order chi connectivity index (χ1) is 7.79. The molecule has 0 spiro atoms. The van der Waals surface area contributed by atoms with E-state index in [0.717, 1.165) is 5.01 Å². The van der Waals surface area contributed by atoms with E-state index in [9.17, 15) is 0 Å². The van der Waals surface area contributed by atoms with Crippen LogP contribution in [0.25, 0.3) is 0 Å². The Bertz CT molecular complexity index is 457. The maximum atomic E-state index is 5.65. The largest absolute Gasteiger partial charge is 0.493 e. The van der Waals surface area contributed by atoms with E-state index in [1.54, 1.807) is 42.8 Å². The maximum absolute atomic E-state index is 5.65. The SMILES string of the molecule is COc1cc(N)ccc1OCc1nccs1. The van der Waals surface area contributed by atoms with E-state index < -0.39 is 0 Å². The molecule has 1 heterocycles. The molecular weight excluding hydrogens is 224 g/mol. The lowest BCUT2D eigenvalue weighted by atomic mass is 10.3. The van der Waals surface area contributed by atoms with Gasteiger partial charge in [0, 0.05) is 23.3 Å². The summed E-state index contributed by atoms with van der Waals surface area (Å²) in [5.41, 5.74) is 6.30. The molecule has 0 unspecified atom stereocenters. The Kier molecular flexibility index (Phi) is 3.26. The fourth-order valence-electron chi connectivity index (χ4n) is 1.27. The third-order valence-electron chi connectivity index (χ3n) is 2.02. The number of rotatable bonds is 4. The molecule has 0 bridgehead atoms. The van der Waals surface area contributed by atoms with Crippen LogP contribution in [0.2, 0.25) is 0 Å². The third kappa shape index (κ3) is 2.43. The van der Waals surface area contributed by atoms with Crippen molar-refractivity contribution in [1.29, 1.82) is 0 Å². The smallest absolute Gasteiger partial charge is 0.162 e. The summed E-state index contributed by atoms with van der Waals surface area (Å²) in [6, 6.07) is 5.30. The van der Waals surface area contributed by atoms with Crippen LogP contribution in [0.4, 0.5) is 5.69 Å². The number of nitrogens with two attached hydrogens (primary N) is 1. The Morgan fingerprint density at radius 2 is 2.25 bits per heavy atom. The lowest BCUT2D eigenvalue weighted by molar-refractivity contribution is 0.284. The summed E-state index contributed by atoms with van der Waals surface area (Å²) in [4.78, 5) is 4.13. The summed E-state index contributed by atoms with van der Waals surface area (Å²) in [6.45, 7) is 0.442. The van der Waals surface area contributed by atoms with Crippen molar-refractivity contribution in [2.45, 2.75) is 6.61 Å². The van der Waals surface area contributed by atoms with E-state index >= 15 is 0 Å². The number of benzene rings is 1. The summed E-state index contributed by atoms with van der Waals surface area (Å²) < 4.78 is 10.8. The van der Waals surface area contributed by atoms with Crippen LogP contribution in [0.1, 0.15) is 5.01 Å². The van der Waals surface area contributed by atoms with Crippen LogP contribution in [-0.2, 0) is 6.61 Å². The zero-order chi connectivity index (χ0) is 11.4. The normalized spacial score (nSPS) is 10.1. The van der Waals surface area contributed by atoms with E-state index in [0.29, 0.717) is 23.8 Å². The quantitative estimate of drug-likeness (QED) is 0.828. The molecular formula is C11H12N2O2S. The number of nitrogens with zero attached hydrogens (tertiary/aromatic N) is 1. The minimum absolute atomic E-state index is 0.442. The number of nitrogen functional groups attached to an aromatic ring is 1.